The van der Waals surface area contributed by atoms with Gasteiger partial charge in [0.2, 0.25) is 5.91 Å². The molecule has 0 fully saturated rings. The fourth-order valence-corrected chi connectivity index (χ4v) is 3.82. The number of fused-ring (bicyclic) bond motifs is 1. The fourth-order valence-electron chi connectivity index (χ4n) is 2.33. The van der Waals surface area contributed by atoms with Crippen molar-refractivity contribution in [1.82, 2.24) is 4.98 Å². The minimum atomic E-state index is -0.295. The average molecular weight is 453 g/mol. The van der Waals surface area contributed by atoms with Gasteiger partial charge in [0.1, 0.15) is 0 Å². The summed E-state index contributed by atoms with van der Waals surface area (Å²) in [5.74, 6) is -0.346. The van der Waals surface area contributed by atoms with E-state index in [1.54, 1.807) is 30.3 Å². The Morgan fingerprint density at radius 2 is 2.00 bits per heavy atom. The van der Waals surface area contributed by atoms with E-state index in [0.29, 0.717) is 27.8 Å². The summed E-state index contributed by atoms with van der Waals surface area (Å²) < 4.78 is 1.65. The molecule has 0 aliphatic rings. The molecule has 0 radical (unpaired) electrons. The van der Waals surface area contributed by atoms with Crippen molar-refractivity contribution in [2.75, 3.05) is 10.6 Å². The van der Waals surface area contributed by atoms with E-state index in [1.807, 2.05) is 13.0 Å². The van der Waals surface area contributed by atoms with Gasteiger partial charge in [-0.1, -0.05) is 45.8 Å². The monoisotopic (exact) mass is 451 g/mol. The molecule has 2 amide bonds. The molecule has 3 rings (SSSR count). The number of hydrogen-bond acceptors (Lipinski definition) is 4. The van der Waals surface area contributed by atoms with Crippen molar-refractivity contribution in [3.05, 3.63) is 51.5 Å². The minimum Gasteiger partial charge on any atom is -0.322 e. The molecule has 0 bridgehead atoms. The number of aromatic nitrogens is 1. The highest BCUT2D eigenvalue weighted by molar-refractivity contribution is 9.10. The van der Waals surface area contributed by atoms with Crippen LogP contribution in [0.15, 0.2) is 40.9 Å². The van der Waals surface area contributed by atoms with E-state index in [-0.39, 0.29) is 11.8 Å². The Kier molecular flexibility index (Phi) is 5.90. The predicted molar refractivity (Wildman–Crippen MR) is 110 cm³/mol. The van der Waals surface area contributed by atoms with Crippen LogP contribution >= 0.6 is 38.9 Å². The molecule has 0 saturated carbocycles. The largest absolute Gasteiger partial charge is 0.322 e. The molecule has 2 aromatic carbocycles. The first-order valence-electron chi connectivity index (χ1n) is 7.93. The number of benzene rings is 2. The molecule has 0 aliphatic carbocycles. The number of thiazole rings is 1. The fraction of sp³-hybridized carbons (Fsp3) is 0.167. The van der Waals surface area contributed by atoms with Gasteiger partial charge in [-0.2, -0.15) is 0 Å². The lowest BCUT2D eigenvalue weighted by atomic mass is 10.2. The van der Waals surface area contributed by atoms with E-state index < -0.39 is 0 Å². The molecule has 26 heavy (non-hydrogen) atoms. The van der Waals surface area contributed by atoms with Crippen molar-refractivity contribution >= 4 is 71.7 Å². The highest BCUT2D eigenvalue weighted by Crippen LogP contribution is 2.29. The Hall–Kier alpha value is -1.96. The third kappa shape index (κ3) is 4.41. The number of amides is 2. The predicted octanol–water partition coefficient (Wildman–Crippen LogP) is 5.70. The van der Waals surface area contributed by atoms with Crippen molar-refractivity contribution in [3.63, 3.8) is 0 Å². The van der Waals surface area contributed by atoms with Crippen LogP contribution in [-0.2, 0) is 4.79 Å². The van der Waals surface area contributed by atoms with Crippen LogP contribution < -0.4 is 10.6 Å². The second kappa shape index (κ2) is 8.16. The lowest BCUT2D eigenvalue weighted by Crippen LogP contribution is -2.12. The molecule has 0 aliphatic heterocycles. The van der Waals surface area contributed by atoms with E-state index >= 15 is 0 Å². The number of nitrogens with one attached hydrogen (secondary N) is 2. The molecule has 0 atom stereocenters. The van der Waals surface area contributed by atoms with Gasteiger partial charge < -0.3 is 10.6 Å². The van der Waals surface area contributed by atoms with Gasteiger partial charge in [0.15, 0.2) is 5.13 Å². The summed E-state index contributed by atoms with van der Waals surface area (Å²) in [5.41, 5.74) is 1.78. The number of hydrogen-bond donors (Lipinski definition) is 2. The van der Waals surface area contributed by atoms with Crippen molar-refractivity contribution in [2.24, 2.45) is 0 Å². The topological polar surface area (TPSA) is 71.1 Å². The van der Waals surface area contributed by atoms with Gasteiger partial charge in [-0.05, 0) is 42.8 Å². The zero-order valence-electron chi connectivity index (χ0n) is 13.8. The van der Waals surface area contributed by atoms with Crippen LogP contribution in [0.2, 0.25) is 5.02 Å². The van der Waals surface area contributed by atoms with Crippen LogP contribution in [0, 0.1) is 0 Å². The van der Waals surface area contributed by atoms with Crippen LogP contribution in [0.3, 0.4) is 0 Å². The Morgan fingerprint density at radius 1 is 1.19 bits per heavy atom. The summed E-state index contributed by atoms with van der Waals surface area (Å²) >= 11 is 10.8. The maximum absolute atomic E-state index is 12.5. The van der Waals surface area contributed by atoms with Gasteiger partial charge in [0, 0.05) is 16.6 Å². The van der Waals surface area contributed by atoms with Gasteiger partial charge in [-0.3, -0.25) is 9.59 Å². The quantitative estimate of drug-likeness (QED) is 0.521. The van der Waals surface area contributed by atoms with Gasteiger partial charge in [-0.25, -0.2) is 4.98 Å². The van der Waals surface area contributed by atoms with E-state index in [2.05, 4.69) is 31.5 Å². The first-order valence-corrected chi connectivity index (χ1v) is 9.92. The van der Waals surface area contributed by atoms with Gasteiger partial charge in [0.05, 0.1) is 20.8 Å². The molecule has 0 spiro atoms. The van der Waals surface area contributed by atoms with Crippen molar-refractivity contribution in [1.29, 1.82) is 0 Å². The van der Waals surface area contributed by atoms with E-state index in [1.165, 1.54) is 11.3 Å². The van der Waals surface area contributed by atoms with Crippen LogP contribution in [0.5, 0.6) is 0 Å². The number of rotatable bonds is 5. The molecule has 134 valence electrons. The molecular weight excluding hydrogens is 438 g/mol. The van der Waals surface area contributed by atoms with Crippen LogP contribution in [0.1, 0.15) is 30.1 Å². The van der Waals surface area contributed by atoms with Gasteiger partial charge in [0.25, 0.3) is 5.91 Å². The SMILES string of the molecule is CCCC(=O)Nc1nc2ccc(NC(=O)c3cc(Br)ccc3Cl)cc2s1. The third-order valence-electron chi connectivity index (χ3n) is 3.54. The molecule has 0 unspecified atom stereocenters. The second-order valence-corrected chi connectivity index (χ2v) is 7.93. The van der Waals surface area contributed by atoms with Gasteiger partial charge in [-0.15, -0.1) is 0 Å². The first-order chi connectivity index (χ1) is 12.5. The van der Waals surface area contributed by atoms with E-state index in [9.17, 15) is 9.59 Å². The highest BCUT2D eigenvalue weighted by Gasteiger charge is 2.13. The number of carbonyl (C=O) groups is 2. The second-order valence-electron chi connectivity index (χ2n) is 5.58. The Labute approximate surface area is 167 Å². The number of anilines is 2. The zero-order valence-corrected chi connectivity index (χ0v) is 17.0. The molecule has 8 heteroatoms. The van der Waals surface area contributed by atoms with Gasteiger partial charge >= 0.3 is 0 Å². The van der Waals surface area contributed by atoms with Crippen LogP contribution in [0.25, 0.3) is 10.2 Å². The number of carbonyl (C=O) groups excluding carboxylic acids is 2. The van der Waals surface area contributed by atoms with E-state index in [4.69, 9.17) is 11.6 Å². The zero-order chi connectivity index (χ0) is 18.7. The van der Waals surface area contributed by atoms with E-state index in [0.717, 1.165) is 21.1 Å². The molecule has 1 heterocycles. The molecule has 2 N–H and O–H groups in total. The first kappa shape index (κ1) is 18.8. The van der Waals surface area contributed by atoms with Crippen molar-refractivity contribution in [2.45, 2.75) is 19.8 Å². The summed E-state index contributed by atoms with van der Waals surface area (Å²) in [6.07, 6.45) is 1.25. The standard InChI is InChI=1S/C18H15BrClN3O2S/c1-2-3-16(24)23-18-22-14-7-5-11(9-15(14)26-18)21-17(25)12-8-10(19)4-6-13(12)20/h4-9H,2-3H2,1H3,(H,21,25)(H,22,23,24). The molecule has 3 aromatic rings. The lowest BCUT2D eigenvalue weighted by Gasteiger charge is -2.07. The van der Waals surface area contributed by atoms with Crippen LogP contribution in [-0.4, -0.2) is 16.8 Å². The smallest absolute Gasteiger partial charge is 0.257 e. The summed E-state index contributed by atoms with van der Waals surface area (Å²) in [7, 11) is 0. The maximum atomic E-state index is 12.5. The maximum Gasteiger partial charge on any atom is 0.257 e. The summed E-state index contributed by atoms with van der Waals surface area (Å²) in [6, 6.07) is 10.5. The lowest BCUT2D eigenvalue weighted by molar-refractivity contribution is -0.116. The summed E-state index contributed by atoms with van der Waals surface area (Å²) in [6.45, 7) is 1.95. The van der Waals surface area contributed by atoms with Crippen molar-refractivity contribution in [3.8, 4) is 0 Å². The highest BCUT2D eigenvalue weighted by atomic mass is 79.9. The average Bonchev–Trinajstić information content (AvgIpc) is 2.98. The Bertz CT molecular complexity index is 990. The number of halogens is 2. The Balaban J connectivity index is 1.79. The summed E-state index contributed by atoms with van der Waals surface area (Å²) in [4.78, 5) is 28.5. The van der Waals surface area contributed by atoms with Crippen molar-refractivity contribution < 1.29 is 9.59 Å². The van der Waals surface area contributed by atoms with Crippen LogP contribution in [0.4, 0.5) is 10.8 Å². The minimum absolute atomic E-state index is 0.0515. The molecular formula is C18H15BrClN3O2S. The molecule has 5 nitrogen and oxygen atoms in total. The molecule has 0 saturated heterocycles. The molecule has 1 aromatic heterocycles. The third-order valence-corrected chi connectivity index (χ3v) is 5.30. The Morgan fingerprint density at radius 3 is 2.77 bits per heavy atom. The number of nitrogens with zero attached hydrogens (tertiary/aromatic N) is 1. The summed E-state index contributed by atoms with van der Waals surface area (Å²) in [5, 5.41) is 6.56. The normalized spacial score (nSPS) is 10.7.